The van der Waals surface area contributed by atoms with Crippen LogP contribution in [0.15, 0.2) is 176 Å². The number of anilines is 5. The van der Waals surface area contributed by atoms with Gasteiger partial charge in [-0.05, 0) is 143 Å². The number of fused-ring (bicyclic) bond motifs is 5. The number of rotatable bonds is 6. The Morgan fingerprint density at radius 1 is 0.528 bits per heavy atom. The largest absolute Gasteiger partial charge is 0.311 e. The van der Waals surface area contributed by atoms with E-state index in [9.17, 15) is 0 Å². The zero-order chi connectivity index (χ0) is 36.9. The van der Waals surface area contributed by atoms with Gasteiger partial charge < -0.3 is 9.80 Å². The smallest absolute Gasteiger partial charge is 0.0467 e. The van der Waals surface area contributed by atoms with Gasteiger partial charge in [0.2, 0.25) is 0 Å². The second kappa shape index (κ2) is 13.3. The van der Waals surface area contributed by atoms with Crippen molar-refractivity contribution >= 4 is 34.0 Å². The Balaban J connectivity index is 1.29. The van der Waals surface area contributed by atoms with Crippen LogP contribution in [0, 0.1) is 6.92 Å². The van der Waals surface area contributed by atoms with Crippen LogP contribution in [0.2, 0.25) is 0 Å². The first-order chi connectivity index (χ1) is 25.6. The highest BCUT2D eigenvalue weighted by Crippen LogP contribution is 2.57. The van der Waals surface area contributed by atoms with Crippen LogP contribution >= 0.6 is 0 Å². The van der Waals surface area contributed by atoms with E-state index in [4.69, 9.17) is 6.58 Å². The molecule has 0 N–H and O–H groups in total. The summed E-state index contributed by atoms with van der Waals surface area (Å²) < 4.78 is 0. The highest BCUT2D eigenvalue weighted by molar-refractivity contribution is 5.92. The number of hydrogen-bond acceptors (Lipinski definition) is 2. The Hall–Kier alpha value is -5.86. The van der Waals surface area contributed by atoms with Crippen LogP contribution < -0.4 is 9.80 Å². The predicted molar refractivity (Wildman–Crippen MR) is 227 cm³/mol. The number of hydrogen-bond donors (Lipinski definition) is 0. The molecule has 0 bridgehead atoms. The Morgan fingerprint density at radius 2 is 1.00 bits per heavy atom. The third-order valence-corrected chi connectivity index (χ3v) is 11.3. The topological polar surface area (TPSA) is 6.48 Å². The molecule has 0 spiro atoms. The molecule has 0 saturated heterocycles. The van der Waals surface area contributed by atoms with Crippen molar-refractivity contribution in [3.8, 4) is 11.1 Å². The molecule has 0 fully saturated rings. The second-order valence-corrected chi connectivity index (χ2v) is 15.8. The van der Waals surface area contributed by atoms with Gasteiger partial charge in [-0.25, -0.2) is 0 Å². The lowest BCUT2D eigenvalue weighted by Crippen LogP contribution is -2.27. The molecule has 0 amide bonds. The van der Waals surface area contributed by atoms with Crippen LogP contribution in [-0.2, 0) is 10.8 Å². The maximum absolute atomic E-state index is 4.81. The Bertz CT molecular complexity index is 2300. The maximum Gasteiger partial charge on any atom is 0.0467 e. The van der Waals surface area contributed by atoms with Crippen LogP contribution in [0.1, 0.15) is 68.9 Å². The molecule has 0 aromatic heterocycles. The average Bonchev–Trinajstić information content (AvgIpc) is 3.42. The Morgan fingerprint density at radius 3 is 1.51 bits per heavy atom. The summed E-state index contributed by atoms with van der Waals surface area (Å²) in [5, 5.41) is 0. The van der Waals surface area contributed by atoms with Crippen molar-refractivity contribution < 1.29 is 0 Å². The van der Waals surface area contributed by atoms with Gasteiger partial charge in [-0.3, -0.25) is 0 Å². The zero-order valence-corrected chi connectivity index (χ0v) is 31.8. The molecule has 2 nitrogen and oxygen atoms in total. The summed E-state index contributed by atoms with van der Waals surface area (Å²) in [6.07, 6.45) is 5.64. The summed E-state index contributed by atoms with van der Waals surface area (Å²) in [4.78, 5) is 4.77. The number of allylic oxidation sites excluding steroid dienone is 4. The summed E-state index contributed by atoms with van der Waals surface area (Å²) in [6.45, 7) is 19.0. The summed E-state index contributed by atoms with van der Waals surface area (Å²) in [7, 11) is 0. The minimum absolute atomic E-state index is 0.192. The maximum atomic E-state index is 4.81. The van der Waals surface area contributed by atoms with E-state index in [1.165, 1.54) is 50.2 Å². The summed E-state index contributed by atoms with van der Waals surface area (Å²) in [6, 6.07) is 52.4. The standard InChI is InChI=1S/C51H48N2/c1-35-32-42(52(38-20-12-8-13-21-38)39-22-14-9-15-23-39)30-31-50(4,5)48-44(37(35)3)28-29-45-47-36(2)33-43(34-46(47)51(6,7)49(45)48)53(40-24-16-10-17-25-40)41-26-18-11-19-27-41/h8-30,32-34H,3,31H2,1-2,4-7H3/b35-32-,42-30+. The first kappa shape index (κ1) is 34.2. The van der Waals surface area contributed by atoms with E-state index in [0.29, 0.717) is 0 Å². The molecule has 0 radical (unpaired) electrons. The molecule has 2 aliphatic carbocycles. The van der Waals surface area contributed by atoms with Crippen molar-refractivity contribution in [2.24, 2.45) is 0 Å². The van der Waals surface area contributed by atoms with Gasteiger partial charge in [-0.2, -0.15) is 0 Å². The second-order valence-electron chi connectivity index (χ2n) is 15.8. The van der Waals surface area contributed by atoms with E-state index in [1.54, 1.807) is 0 Å². The van der Waals surface area contributed by atoms with E-state index in [1.807, 2.05) is 0 Å². The molecule has 262 valence electrons. The van der Waals surface area contributed by atoms with Gasteiger partial charge in [0.15, 0.2) is 0 Å². The minimum Gasteiger partial charge on any atom is -0.311 e. The van der Waals surface area contributed by atoms with E-state index in [0.717, 1.165) is 40.4 Å². The van der Waals surface area contributed by atoms with Crippen LogP contribution in [-0.4, -0.2) is 0 Å². The molecule has 0 atom stereocenters. The quantitative estimate of drug-likeness (QED) is 0.172. The lowest BCUT2D eigenvalue weighted by molar-refractivity contribution is 0.511. The number of para-hydroxylation sites is 4. The first-order valence-electron chi connectivity index (χ1n) is 18.8. The van der Waals surface area contributed by atoms with Gasteiger partial charge in [0, 0.05) is 39.5 Å². The Kier molecular flexibility index (Phi) is 8.58. The molecule has 2 aliphatic rings. The fourth-order valence-corrected chi connectivity index (χ4v) is 8.70. The molecular formula is C51H48N2. The van der Waals surface area contributed by atoms with E-state index in [-0.39, 0.29) is 10.8 Å². The van der Waals surface area contributed by atoms with Crippen LogP contribution in [0.5, 0.6) is 0 Å². The van der Waals surface area contributed by atoms with Gasteiger partial charge in [0.1, 0.15) is 0 Å². The highest BCUT2D eigenvalue weighted by Gasteiger charge is 2.43. The number of benzene rings is 6. The molecule has 6 aromatic rings. The normalized spacial score (nSPS) is 17.4. The summed E-state index contributed by atoms with van der Waals surface area (Å²) >= 11 is 0. The number of aryl methyl sites for hydroxylation is 1. The van der Waals surface area contributed by atoms with E-state index < -0.39 is 0 Å². The van der Waals surface area contributed by atoms with Crippen molar-refractivity contribution in [2.75, 3.05) is 9.80 Å². The van der Waals surface area contributed by atoms with Crippen molar-refractivity contribution in [3.05, 3.63) is 203 Å². The van der Waals surface area contributed by atoms with E-state index >= 15 is 0 Å². The van der Waals surface area contributed by atoms with Gasteiger partial charge in [0.25, 0.3) is 0 Å². The Labute approximate surface area is 316 Å². The molecule has 0 saturated carbocycles. The fraction of sp³-hybridized carbons (Fsp3) is 0.176. The van der Waals surface area contributed by atoms with Crippen LogP contribution in [0.25, 0.3) is 16.7 Å². The molecule has 0 heterocycles. The summed E-state index contributed by atoms with van der Waals surface area (Å²) in [5.41, 5.74) is 18.2. The van der Waals surface area contributed by atoms with Crippen molar-refractivity contribution in [1.29, 1.82) is 0 Å². The molecule has 8 rings (SSSR count). The van der Waals surface area contributed by atoms with Gasteiger partial charge in [-0.15, -0.1) is 0 Å². The van der Waals surface area contributed by atoms with Crippen molar-refractivity contribution in [1.82, 2.24) is 0 Å². The molecule has 53 heavy (non-hydrogen) atoms. The van der Waals surface area contributed by atoms with Crippen molar-refractivity contribution in [3.63, 3.8) is 0 Å². The molecule has 0 unspecified atom stereocenters. The van der Waals surface area contributed by atoms with Gasteiger partial charge >= 0.3 is 0 Å². The zero-order valence-electron chi connectivity index (χ0n) is 31.8. The first-order valence-corrected chi connectivity index (χ1v) is 18.8. The molecule has 2 heteroatoms. The summed E-state index contributed by atoms with van der Waals surface area (Å²) in [5.74, 6) is 0. The van der Waals surface area contributed by atoms with Gasteiger partial charge in [0.05, 0.1) is 0 Å². The van der Waals surface area contributed by atoms with Crippen LogP contribution in [0.3, 0.4) is 0 Å². The monoisotopic (exact) mass is 688 g/mol. The van der Waals surface area contributed by atoms with Gasteiger partial charge in [-0.1, -0.05) is 125 Å². The fourth-order valence-electron chi connectivity index (χ4n) is 8.70. The average molecular weight is 689 g/mol. The molecular weight excluding hydrogens is 641 g/mol. The number of nitrogens with zero attached hydrogens (tertiary/aromatic N) is 2. The third kappa shape index (κ3) is 5.93. The highest BCUT2D eigenvalue weighted by atomic mass is 15.1. The van der Waals surface area contributed by atoms with Crippen molar-refractivity contribution in [2.45, 2.75) is 58.8 Å². The van der Waals surface area contributed by atoms with Crippen LogP contribution in [0.4, 0.5) is 28.4 Å². The molecule has 6 aromatic carbocycles. The molecule has 0 aliphatic heterocycles. The minimum atomic E-state index is -0.244. The lowest BCUT2D eigenvalue weighted by Gasteiger charge is -2.35. The lowest BCUT2D eigenvalue weighted by atomic mass is 9.69. The SMILES string of the molecule is C=C1/C(C)=C\C(N(c2ccccc2)c2ccccc2)=C/CC(C)(C)c2c1ccc1c2C(C)(C)c2cc(N(c3ccccc3)c3ccccc3)cc(C)c2-1. The van der Waals surface area contributed by atoms with E-state index in [2.05, 4.69) is 209 Å². The predicted octanol–water partition coefficient (Wildman–Crippen LogP) is 14.1. The third-order valence-electron chi connectivity index (χ3n) is 11.3.